The molecule has 0 bridgehead atoms. The van der Waals surface area contributed by atoms with Crippen LogP contribution in [0.1, 0.15) is 63.3 Å². The van der Waals surface area contributed by atoms with Gasteiger partial charge in [-0.05, 0) is 82.6 Å². The molecule has 1 saturated carbocycles. The summed E-state index contributed by atoms with van der Waals surface area (Å²) in [5.74, 6) is 0.212. The summed E-state index contributed by atoms with van der Waals surface area (Å²) in [6, 6.07) is 11.1. The fourth-order valence-electron chi connectivity index (χ4n) is 4.46. The van der Waals surface area contributed by atoms with Gasteiger partial charge in [-0.25, -0.2) is 4.79 Å². The molecular formula is C30H40ClN3O4S. The summed E-state index contributed by atoms with van der Waals surface area (Å²) in [4.78, 5) is 42.7. The number of nitrogens with one attached hydrogen (secondary N) is 2. The summed E-state index contributed by atoms with van der Waals surface area (Å²) in [6.07, 6.45) is 2.47. The van der Waals surface area contributed by atoms with E-state index in [0.717, 1.165) is 17.5 Å². The lowest BCUT2D eigenvalue weighted by Gasteiger charge is -2.35. The molecule has 0 heterocycles. The van der Waals surface area contributed by atoms with E-state index in [1.807, 2.05) is 56.5 Å². The molecule has 2 aromatic rings. The molecule has 3 amide bonds. The Kier molecular flexibility index (Phi) is 10.4. The zero-order valence-corrected chi connectivity index (χ0v) is 25.4. The number of amides is 3. The Morgan fingerprint density at radius 2 is 1.77 bits per heavy atom. The van der Waals surface area contributed by atoms with Gasteiger partial charge in [-0.1, -0.05) is 60.5 Å². The van der Waals surface area contributed by atoms with Gasteiger partial charge in [-0.3, -0.25) is 9.59 Å². The van der Waals surface area contributed by atoms with Crippen molar-refractivity contribution in [3.8, 4) is 0 Å². The molecule has 212 valence electrons. The van der Waals surface area contributed by atoms with Gasteiger partial charge >= 0.3 is 6.09 Å². The highest BCUT2D eigenvalue weighted by molar-refractivity contribution is 7.98. The molecule has 9 heteroatoms. The van der Waals surface area contributed by atoms with Gasteiger partial charge in [0.1, 0.15) is 17.7 Å². The van der Waals surface area contributed by atoms with Gasteiger partial charge in [0.05, 0.1) is 10.7 Å². The molecule has 0 aliphatic heterocycles. The van der Waals surface area contributed by atoms with Crippen molar-refractivity contribution in [3.05, 3.63) is 64.2 Å². The predicted molar refractivity (Wildman–Crippen MR) is 159 cm³/mol. The van der Waals surface area contributed by atoms with Crippen molar-refractivity contribution in [1.82, 2.24) is 10.2 Å². The highest BCUT2D eigenvalue weighted by atomic mass is 35.5. The Morgan fingerprint density at radius 1 is 1.13 bits per heavy atom. The smallest absolute Gasteiger partial charge is 0.408 e. The van der Waals surface area contributed by atoms with Crippen molar-refractivity contribution >= 4 is 47.0 Å². The average Bonchev–Trinajstić information content (AvgIpc) is 3.57. The number of benzene rings is 2. The maximum atomic E-state index is 14.3. The number of carbonyl (C=O) groups excluding carboxylic acids is 3. The number of rotatable bonds is 10. The van der Waals surface area contributed by atoms with Crippen LogP contribution in [0, 0.1) is 19.8 Å². The van der Waals surface area contributed by atoms with E-state index in [4.69, 9.17) is 16.3 Å². The Hall–Kier alpha value is -2.71. The van der Waals surface area contributed by atoms with E-state index < -0.39 is 23.8 Å². The van der Waals surface area contributed by atoms with Crippen LogP contribution in [0.25, 0.3) is 0 Å². The van der Waals surface area contributed by atoms with E-state index in [-0.39, 0.29) is 23.8 Å². The van der Waals surface area contributed by atoms with E-state index in [1.54, 1.807) is 43.5 Å². The number of halogens is 1. The SMILES string of the molecule is CSCCC(NC(=O)OC(C)(C)C)C(=O)N(C(C(=O)Nc1c(C)cccc1Cl)c1ccc(C)cc1)C1CC1C. The molecule has 4 atom stereocenters. The van der Waals surface area contributed by atoms with Crippen LogP contribution in [-0.2, 0) is 14.3 Å². The normalized spacial score (nSPS) is 18.1. The fraction of sp³-hybridized carbons (Fsp3) is 0.500. The van der Waals surface area contributed by atoms with E-state index >= 15 is 0 Å². The number of carbonyl (C=O) groups is 3. The summed E-state index contributed by atoms with van der Waals surface area (Å²) in [5, 5.41) is 6.21. The molecule has 0 saturated heterocycles. The minimum absolute atomic E-state index is 0.140. The Balaban J connectivity index is 2.03. The molecule has 7 nitrogen and oxygen atoms in total. The van der Waals surface area contributed by atoms with Crippen LogP contribution in [0.15, 0.2) is 42.5 Å². The summed E-state index contributed by atoms with van der Waals surface area (Å²) in [7, 11) is 0. The third-order valence-electron chi connectivity index (χ3n) is 6.67. The molecule has 1 aliphatic carbocycles. The molecule has 2 N–H and O–H groups in total. The minimum Gasteiger partial charge on any atom is -0.444 e. The number of nitrogens with zero attached hydrogens (tertiary/aromatic N) is 1. The molecule has 1 aliphatic rings. The number of para-hydroxylation sites is 1. The summed E-state index contributed by atoms with van der Waals surface area (Å²) in [5.41, 5.74) is 2.36. The molecule has 3 rings (SSSR count). The Labute approximate surface area is 241 Å². The van der Waals surface area contributed by atoms with E-state index in [2.05, 4.69) is 17.6 Å². The maximum Gasteiger partial charge on any atom is 0.408 e. The van der Waals surface area contributed by atoms with Gasteiger partial charge in [-0.2, -0.15) is 11.8 Å². The van der Waals surface area contributed by atoms with Crippen molar-refractivity contribution < 1.29 is 19.1 Å². The summed E-state index contributed by atoms with van der Waals surface area (Å²) < 4.78 is 5.46. The van der Waals surface area contributed by atoms with Gasteiger partial charge in [0.15, 0.2) is 0 Å². The van der Waals surface area contributed by atoms with Crippen molar-refractivity contribution in [3.63, 3.8) is 0 Å². The number of thioether (sulfide) groups is 1. The topological polar surface area (TPSA) is 87.7 Å². The fourth-order valence-corrected chi connectivity index (χ4v) is 5.20. The second-order valence-electron chi connectivity index (χ2n) is 11.2. The highest BCUT2D eigenvalue weighted by Crippen LogP contribution is 2.41. The van der Waals surface area contributed by atoms with Crippen molar-refractivity contribution in [2.24, 2.45) is 5.92 Å². The van der Waals surface area contributed by atoms with Crippen LogP contribution in [-0.4, -0.2) is 52.5 Å². The molecule has 2 aromatic carbocycles. The van der Waals surface area contributed by atoms with Gasteiger partial charge in [0.25, 0.3) is 5.91 Å². The first-order chi connectivity index (χ1) is 18.3. The highest BCUT2D eigenvalue weighted by Gasteiger charge is 2.48. The number of anilines is 1. The number of ether oxygens (including phenoxy) is 1. The Bertz CT molecular complexity index is 1160. The lowest BCUT2D eigenvalue weighted by molar-refractivity contribution is -0.141. The largest absolute Gasteiger partial charge is 0.444 e. The van der Waals surface area contributed by atoms with Gasteiger partial charge in [0.2, 0.25) is 5.91 Å². The van der Waals surface area contributed by atoms with Gasteiger partial charge in [0, 0.05) is 6.04 Å². The summed E-state index contributed by atoms with van der Waals surface area (Å²) >= 11 is 8.03. The first kappa shape index (κ1) is 30.8. The number of hydrogen-bond donors (Lipinski definition) is 2. The van der Waals surface area contributed by atoms with Gasteiger partial charge in [-0.15, -0.1) is 0 Å². The lowest BCUT2D eigenvalue weighted by atomic mass is 10.00. The van der Waals surface area contributed by atoms with Gasteiger partial charge < -0.3 is 20.3 Å². The minimum atomic E-state index is -0.916. The molecule has 0 aromatic heterocycles. The number of aryl methyl sites for hydroxylation is 2. The molecule has 0 radical (unpaired) electrons. The zero-order chi connectivity index (χ0) is 28.9. The number of alkyl carbamates (subject to hydrolysis) is 1. The molecular weight excluding hydrogens is 534 g/mol. The predicted octanol–water partition coefficient (Wildman–Crippen LogP) is 6.52. The molecule has 0 spiro atoms. The number of hydrogen-bond acceptors (Lipinski definition) is 5. The quantitative estimate of drug-likeness (QED) is 0.338. The first-order valence-corrected chi connectivity index (χ1v) is 15.0. The van der Waals surface area contributed by atoms with Crippen LogP contribution in [0.2, 0.25) is 5.02 Å². The third-order valence-corrected chi connectivity index (χ3v) is 7.63. The summed E-state index contributed by atoms with van der Waals surface area (Å²) in [6.45, 7) is 11.2. The monoisotopic (exact) mass is 573 g/mol. The molecule has 4 unspecified atom stereocenters. The standard InChI is InChI=1S/C30H40ClN3O4S/c1-18-11-13-21(14-12-18)26(27(35)33-25-19(2)9-8-10-22(25)31)34(24-17-20(24)3)28(36)23(15-16-39-7)32-29(37)38-30(4,5)6/h8-14,20,23-24,26H,15-17H2,1-7H3,(H,32,37)(H,33,35). The average molecular weight is 574 g/mol. The van der Waals surface area contributed by atoms with Crippen molar-refractivity contribution in [2.75, 3.05) is 17.3 Å². The van der Waals surface area contributed by atoms with Crippen molar-refractivity contribution in [1.29, 1.82) is 0 Å². The zero-order valence-electron chi connectivity index (χ0n) is 23.8. The second kappa shape index (κ2) is 13.1. The van der Waals surface area contributed by atoms with Crippen LogP contribution in [0.3, 0.4) is 0 Å². The van der Waals surface area contributed by atoms with E-state index in [9.17, 15) is 14.4 Å². The van der Waals surface area contributed by atoms with Crippen LogP contribution < -0.4 is 10.6 Å². The Morgan fingerprint density at radius 3 is 2.31 bits per heavy atom. The maximum absolute atomic E-state index is 14.3. The molecule has 1 fully saturated rings. The van der Waals surface area contributed by atoms with E-state index in [0.29, 0.717) is 28.4 Å². The van der Waals surface area contributed by atoms with Crippen molar-refractivity contribution in [2.45, 2.75) is 78.1 Å². The van der Waals surface area contributed by atoms with Crippen LogP contribution >= 0.6 is 23.4 Å². The first-order valence-electron chi connectivity index (χ1n) is 13.3. The van der Waals surface area contributed by atoms with Crippen LogP contribution in [0.4, 0.5) is 10.5 Å². The molecule has 39 heavy (non-hydrogen) atoms. The van der Waals surface area contributed by atoms with E-state index in [1.165, 1.54) is 0 Å². The van der Waals surface area contributed by atoms with Crippen LogP contribution in [0.5, 0.6) is 0 Å². The second-order valence-corrected chi connectivity index (χ2v) is 12.6. The third kappa shape index (κ3) is 8.39. The lowest BCUT2D eigenvalue weighted by Crippen LogP contribution is -2.53.